The predicted octanol–water partition coefficient (Wildman–Crippen LogP) is 0.870. The molecule has 0 spiro atoms. The van der Waals surface area contributed by atoms with E-state index in [2.05, 4.69) is 0 Å². The lowest BCUT2D eigenvalue weighted by Gasteiger charge is -2.19. The van der Waals surface area contributed by atoms with Gasteiger partial charge in [0.05, 0.1) is 11.4 Å². The van der Waals surface area contributed by atoms with E-state index in [1.807, 2.05) is 20.8 Å². The molecule has 2 N–H and O–H groups in total. The molecule has 0 rings (SSSR count). The molecule has 0 aliphatic heterocycles. The first-order chi connectivity index (χ1) is 5.71. The highest BCUT2D eigenvalue weighted by Crippen LogP contribution is 2.07. The van der Waals surface area contributed by atoms with E-state index >= 15 is 0 Å². The Bertz CT molecular complexity index is 228. The summed E-state index contributed by atoms with van der Waals surface area (Å²) in [6.45, 7) is 6.48. The van der Waals surface area contributed by atoms with E-state index < -0.39 is 10.0 Å². The molecular formula is C8H19NO3S. The molecule has 0 heterocycles. The van der Waals surface area contributed by atoms with Crippen LogP contribution in [-0.4, -0.2) is 26.4 Å². The van der Waals surface area contributed by atoms with Crippen molar-refractivity contribution in [3.05, 3.63) is 0 Å². The topological polar surface area (TPSA) is 69.4 Å². The summed E-state index contributed by atoms with van der Waals surface area (Å²) in [7, 11) is -3.30. The van der Waals surface area contributed by atoms with Crippen LogP contribution < -0.4 is 5.14 Å². The Labute approximate surface area is 80.5 Å². The molecule has 0 amide bonds. The first-order valence-electron chi connectivity index (χ1n) is 4.35. The van der Waals surface area contributed by atoms with E-state index in [0.717, 1.165) is 6.42 Å². The lowest BCUT2D eigenvalue weighted by molar-refractivity contribution is -0.00408. The van der Waals surface area contributed by atoms with Crippen LogP contribution in [0, 0.1) is 0 Å². The number of unbranched alkanes of at least 4 members (excludes halogenated alkanes) is 1. The molecule has 0 aromatic heterocycles. The van der Waals surface area contributed by atoms with Crippen LogP contribution in [0.5, 0.6) is 0 Å². The minimum atomic E-state index is -3.30. The van der Waals surface area contributed by atoms with Crippen molar-refractivity contribution >= 4 is 10.0 Å². The van der Waals surface area contributed by atoms with Crippen LogP contribution in [0.1, 0.15) is 33.6 Å². The number of rotatable bonds is 5. The summed E-state index contributed by atoms with van der Waals surface area (Å²) in [6, 6.07) is 0. The second-order valence-corrected chi connectivity index (χ2v) is 5.77. The summed E-state index contributed by atoms with van der Waals surface area (Å²) in [6.07, 6.45) is 1.29. The zero-order valence-electron chi connectivity index (χ0n) is 8.54. The Hall–Kier alpha value is -0.130. The first-order valence-corrected chi connectivity index (χ1v) is 6.07. The summed E-state index contributed by atoms with van der Waals surface area (Å²) >= 11 is 0. The first kappa shape index (κ1) is 12.9. The molecule has 0 unspecified atom stereocenters. The summed E-state index contributed by atoms with van der Waals surface area (Å²) in [5, 5.41) is 4.83. The van der Waals surface area contributed by atoms with Crippen molar-refractivity contribution in [2.24, 2.45) is 5.14 Å². The average Bonchev–Trinajstić information content (AvgIpc) is 1.81. The van der Waals surface area contributed by atoms with Crippen molar-refractivity contribution in [2.75, 3.05) is 12.4 Å². The van der Waals surface area contributed by atoms with E-state index in [-0.39, 0.29) is 11.4 Å². The van der Waals surface area contributed by atoms with Crippen molar-refractivity contribution < 1.29 is 13.2 Å². The molecule has 0 aromatic rings. The van der Waals surface area contributed by atoms with Crippen LogP contribution in [0.25, 0.3) is 0 Å². The number of primary sulfonamides is 1. The summed E-state index contributed by atoms with van der Waals surface area (Å²) in [5.74, 6) is 0.0422. The highest BCUT2D eigenvalue weighted by molar-refractivity contribution is 7.89. The van der Waals surface area contributed by atoms with Crippen molar-refractivity contribution in [1.29, 1.82) is 0 Å². The van der Waals surface area contributed by atoms with Crippen LogP contribution in [-0.2, 0) is 14.8 Å². The number of hydrogen-bond donors (Lipinski definition) is 1. The Morgan fingerprint density at radius 1 is 1.23 bits per heavy atom. The minimum Gasteiger partial charge on any atom is -0.376 e. The molecule has 80 valence electrons. The van der Waals surface area contributed by atoms with Crippen molar-refractivity contribution in [3.63, 3.8) is 0 Å². The molecule has 0 saturated carbocycles. The third-order valence-electron chi connectivity index (χ3n) is 1.36. The van der Waals surface area contributed by atoms with E-state index in [1.54, 1.807) is 0 Å². The number of ether oxygens (including phenoxy) is 1. The summed E-state index contributed by atoms with van der Waals surface area (Å²) in [5.41, 5.74) is -0.151. The molecule has 5 heteroatoms. The van der Waals surface area contributed by atoms with Gasteiger partial charge in [0.15, 0.2) is 0 Å². The maximum Gasteiger partial charge on any atom is 0.209 e. The number of sulfonamides is 1. The molecule has 4 nitrogen and oxygen atoms in total. The predicted molar refractivity (Wildman–Crippen MR) is 52.9 cm³/mol. The normalized spacial score (nSPS) is 13.2. The Balaban J connectivity index is 3.39. The van der Waals surface area contributed by atoms with Gasteiger partial charge in [0, 0.05) is 6.61 Å². The molecule has 0 saturated heterocycles. The number of nitrogens with two attached hydrogens (primary N) is 1. The Morgan fingerprint density at radius 2 is 1.77 bits per heavy atom. The quantitative estimate of drug-likeness (QED) is 0.683. The molecular weight excluding hydrogens is 190 g/mol. The fourth-order valence-electron chi connectivity index (χ4n) is 0.784. The molecule has 0 aromatic carbocycles. The van der Waals surface area contributed by atoms with Crippen LogP contribution in [0.4, 0.5) is 0 Å². The molecule has 0 aliphatic carbocycles. The van der Waals surface area contributed by atoms with Gasteiger partial charge in [-0.3, -0.25) is 0 Å². The third-order valence-corrected chi connectivity index (χ3v) is 2.22. The maximum absolute atomic E-state index is 10.5. The highest BCUT2D eigenvalue weighted by Gasteiger charge is 2.09. The fraction of sp³-hybridized carbons (Fsp3) is 1.00. The largest absolute Gasteiger partial charge is 0.376 e. The second kappa shape index (κ2) is 4.93. The van der Waals surface area contributed by atoms with Crippen molar-refractivity contribution in [1.82, 2.24) is 0 Å². The van der Waals surface area contributed by atoms with Crippen LogP contribution in [0.3, 0.4) is 0 Å². The number of hydrogen-bond acceptors (Lipinski definition) is 3. The second-order valence-electron chi connectivity index (χ2n) is 4.03. The van der Waals surface area contributed by atoms with Gasteiger partial charge in [0.1, 0.15) is 0 Å². The molecule has 0 fully saturated rings. The van der Waals surface area contributed by atoms with Crippen LogP contribution in [0.2, 0.25) is 0 Å². The average molecular weight is 209 g/mol. The van der Waals surface area contributed by atoms with Gasteiger partial charge in [0.25, 0.3) is 0 Å². The monoisotopic (exact) mass is 209 g/mol. The van der Waals surface area contributed by atoms with Gasteiger partial charge in [-0.25, -0.2) is 13.6 Å². The van der Waals surface area contributed by atoms with Crippen molar-refractivity contribution in [2.45, 2.75) is 39.2 Å². The zero-order chi connectivity index (χ0) is 10.5. The van der Waals surface area contributed by atoms with Gasteiger partial charge >= 0.3 is 0 Å². The van der Waals surface area contributed by atoms with Gasteiger partial charge in [-0.15, -0.1) is 0 Å². The molecule has 0 bridgehead atoms. The van der Waals surface area contributed by atoms with E-state index in [4.69, 9.17) is 9.88 Å². The lowest BCUT2D eigenvalue weighted by atomic mass is 10.2. The minimum absolute atomic E-state index is 0.0422. The Kier molecular flexibility index (Phi) is 4.88. The molecule has 0 radical (unpaired) electrons. The summed E-state index contributed by atoms with van der Waals surface area (Å²) in [4.78, 5) is 0. The van der Waals surface area contributed by atoms with E-state index in [1.165, 1.54) is 0 Å². The molecule has 0 atom stereocenters. The summed E-state index contributed by atoms with van der Waals surface area (Å²) < 4.78 is 26.5. The highest BCUT2D eigenvalue weighted by atomic mass is 32.2. The smallest absolute Gasteiger partial charge is 0.209 e. The van der Waals surface area contributed by atoms with E-state index in [9.17, 15) is 8.42 Å². The van der Waals surface area contributed by atoms with Gasteiger partial charge in [0.2, 0.25) is 10.0 Å². The third kappa shape index (κ3) is 11.9. The maximum atomic E-state index is 10.5. The Morgan fingerprint density at radius 3 is 2.15 bits per heavy atom. The van der Waals surface area contributed by atoms with Crippen LogP contribution in [0.15, 0.2) is 0 Å². The van der Waals surface area contributed by atoms with Gasteiger partial charge in [-0.1, -0.05) is 0 Å². The van der Waals surface area contributed by atoms with Crippen molar-refractivity contribution in [3.8, 4) is 0 Å². The van der Waals surface area contributed by atoms with E-state index in [0.29, 0.717) is 13.0 Å². The standard InChI is InChI=1S/C8H19NO3S/c1-8(2,3)12-6-4-5-7-13(9,10)11/h4-7H2,1-3H3,(H2,9,10,11). The fourth-order valence-corrected chi connectivity index (χ4v) is 1.39. The SMILES string of the molecule is CC(C)(C)OCCCCS(N)(=O)=O. The lowest BCUT2D eigenvalue weighted by Crippen LogP contribution is -2.21. The van der Waals surface area contributed by atoms with Crippen LogP contribution >= 0.6 is 0 Å². The zero-order valence-corrected chi connectivity index (χ0v) is 9.36. The van der Waals surface area contributed by atoms with Gasteiger partial charge in [-0.2, -0.15) is 0 Å². The van der Waals surface area contributed by atoms with Gasteiger partial charge in [-0.05, 0) is 33.6 Å². The molecule has 13 heavy (non-hydrogen) atoms. The molecule has 0 aliphatic rings. The van der Waals surface area contributed by atoms with Gasteiger partial charge < -0.3 is 4.74 Å².